The van der Waals surface area contributed by atoms with E-state index >= 15 is 0 Å². The van der Waals surface area contributed by atoms with Crippen molar-refractivity contribution in [2.24, 2.45) is 0 Å². The summed E-state index contributed by atoms with van der Waals surface area (Å²) < 4.78 is 1.21. The number of hydrogen-bond donors (Lipinski definition) is 1. The van der Waals surface area contributed by atoms with Gasteiger partial charge in [0.05, 0.1) is 6.04 Å². The molecule has 0 aromatic heterocycles. The summed E-state index contributed by atoms with van der Waals surface area (Å²) in [6.07, 6.45) is 10.4. The zero-order valence-corrected chi connectivity index (χ0v) is 13.4. The second-order valence-electron chi connectivity index (χ2n) is 5.24. The van der Waals surface area contributed by atoms with Gasteiger partial charge in [-0.25, -0.2) is 0 Å². The summed E-state index contributed by atoms with van der Waals surface area (Å²) >= 11 is 3.70. The summed E-state index contributed by atoms with van der Waals surface area (Å²) in [5, 5.41) is 3.66. The van der Waals surface area contributed by atoms with Gasteiger partial charge in [0.1, 0.15) is 0 Å². The van der Waals surface area contributed by atoms with E-state index in [2.05, 4.69) is 58.5 Å². The van der Waals surface area contributed by atoms with Crippen LogP contribution in [0.15, 0.2) is 40.4 Å². The molecule has 0 amide bonds. The Kier molecular flexibility index (Phi) is 6.12. The van der Waals surface area contributed by atoms with Crippen LogP contribution in [-0.4, -0.2) is 6.54 Å². The van der Waals surface area contributed by atoms with Gasteiger partial charge in [0.2, 0.25) is 0 Å². The van der Waals surface area contributed by atoms with Crippen LogP contribution < -0.4 is 5.32 Å². The number of benzene rings is 1. The number of likely N-dealkylation sites (N-methyl/N-ethyl adjacent to an activating group) is 1. The third kappa shape index (κ3) is 4.19. The maximum atomic E-state index is 3.70. The van der Waals surface area contributed by atoms with Gasteiger partial charge in [-0.3, -0.25) is 0 Å². The predicted molar refractivity (Wildman–Crippen MR) is 86.3 cm³/mol. The van der Waals surface area contributed by atoms with Gasteiger partial charge in [-0.2, -0.15) is 0 Å². The molecule has 1 unspecified atom stereocenters. The molecule has 0 saturated heterocycles. The van der Waals surface area contributed by atoms with Gasteiger partial charge in [-0.05, 0) is 43.9 Å². The van der Waals surface area contributed by atoms with Crippen molar-refractivity contribution in [3.05, 3.63) is 46.0 Å². The monoisotopic (exact) mass is 321 g/mol. The first kappa shape index (κ1) is 14.8. The molecule has 0 aliphatic heterocycles. The molecule has 2 heteroatoms. The van der Waals surface area contributed by atoms with E-state index in [1.54, 1.807) is 5.57 Å². The maximum Gasteiger partial charge on any atom is 0.0547 e. The lowest BCUT2D eigenvalue weighted by molar-refractivity contribution is 0.553. The molecule has 1 aliphatic carbocycles. The average Bonchev–Trinajstić information content (AvgIpc) is 2.37. The molecule has 19 heavy (non-hydrogen) atoms. The topological polar surface area (TPSA) is 12.0 Å². The van der Waals surface area contributed by atoms with E-state index < -0.39 is 0 Å². The second-order valence-corrected chi connectivity index (χ2v) is 6.10. The minimum absolute atomic E-state index is 0.374. The molecule has 2 rings (SSSR count). The molecule has 104 valence electrons. The number of nitrogens with one attached hydrogen (secondary N) is 1. The first-order valence-electron chi connectivity index (χ1n) is 7.49. The fourth-order valence-corrected chi connectivity index (χ4v) is 3.35. The Morgan fingerprint density at radius 3 is 2.74 bits per heavy atom. The largest absolute Gasteiger partial charge is 0.307 e. The lowest BCUT2D eigenvalue weighted by atomic mass is 9.91. The van der Waals surface area contributed by atoms with Crippen molar-refractivity contribution >= 4 is 15.9 Å². The van der Waals surface area contributed by atoms with E-state index in [0.29, 0.717) is 6.04 Å². The van der Waals surface area contributed by atoms with Crippen LogP contribution in [-0.2, 0) is 0 Å². The normalized spacial score (nSPS) is 21.1. The number of rotatable bonds is 4. The lowest BCUT2D eigenvalue weighted by Crippen LogP contribution is -2.23. The Labute approximate surface area is 125 Å². The SMILES string of the molecule is CCNC(/C1=C/CCCCCC1)c1ccccc1Br. The van der Waals surface area contributed by atoms with Gasteiger partial charge in [-0.15, -0.1) is 0 Å². The molecule has 1 aliphatic rings. The highest BCUT2D eigenvalue weighted by atomic mass is 79.9. The molecule has 0 saturated carbocycles. The Morgan fingerprint density at radius 1 is 1.16 bits per heavy atom. The molecule has 0 spiro atoms. The third-order valence-corrected chi connectivity index (χ3v) is 4.54. The lowest BCUT2D eigenvalue weighted by Gasteiger charge is -2.24. The highest BCUT2D eigenvalue weighted by Gasteiger charge is 2.18. The summed E-state index contributed by atoms with van der Waals surface area (Å²) in [5.41, 5.74) is 2.95. The van der Waals surface area contributed by atoms with E-state index in [1.165, 1.54) is 48.6 Å². The second kappa shape index (κ2) is 7.86. The Morgan fingerprint density at radius 2 is 1.95 bits per heavy atom. The van der Waals surface area contributed by atoms with Crippen molar-refractivity contribution < 1.29 is 0 Å². The maximum absolute atomic E-state index is 3.70. The molecular formula is C17H24BrN. The molecule has 0 heterocycles. The fourth-order valence-electron chi connectivity index (χ4n) is 2.83. The molecule has 1 atom stereocenters. The molecule has 0 fully saturated rings. The van der Waals surface area contributed by atoms with Crippen molar-refractivity contribution in [1.82, 2.24) is 5.32 Å². The van der Waals surface area contributed by atoms with Crippen molar-refractivity contribution in [3.8, 4) is 0 Å². The summed E-state index contributed by atoms with van der Waals surface area (Å²) in [6, 6.07) is 8.97. The van der Waals surface area contributed by atoms with Crippen LogP contribution in [0.3, 0.4) is 0 Å². The summed E-state index contributed by atoms with van der Waals surface area (Å²) in [7, 11) is 0. The molecule has 0 bridgehead atoms. The van der Waals surface area contributed by atoms with E-state index in [0.717, 1.165) is 6.54 Å². The first-order chi connectivity index (χ1) is 9.33. The molecule has 1 nitrogen and oxygen atoms in total. The molecule has 1 N–H and O–H groups in total. The summed E-state index contributed by atoms with van der Waals surface area (Å²) in [6.45, 7) is 3.19. The van der Waals surface area contributed by atoms with Gasteiger partial charge in [0.15, 0.2) is 0 Å². The summed E-state index contributed by atoms with van der Waals surface area (Å²) in [5.74, 6) is 0. The van der Waals surface area contributed by atoms with Crippen LogP contribution in [0.2, 0.25) is 0 Å². The zero-order chi connectivity index (χ0) is 13.5. The van der Waals surface area contributed by atoms with Crippen LogP contribution >= 0.6 is 15.9 Å². The average molecular weight is 322 g/mol. The van der Waals surface area contributed by atoms with Crippen LogP contribution in [0.1, 0.15) is 57.1 Å². The Bertz CT molecular complexity index is 425. The number of hydrogen-bond acceptors (Lipinski definition) is 1. The smallest absolute Gasteiger partial charge is 0.0547 e. The van der Waals surface area contributed by atoms with Crippen LogP contribution in [0.5, 0.6) is 0 Å². The van der Waals surface area contributed by atoms with Gasteiger partial charge in [0, 0.05) is 4.47 Å². The number of halogens is 1. The standard InChI is InChI=1S/C17H24BrN/c1-2-19-17(15-12-8-9-13-16(15)18)14-10-6-4-3-5-7-11-14/h8-10,12-13,17,19H,2-7,11H2,1H3/b14-10+. The van der Waals surface area contributed by atoms with Crippen LogP contribution in [0.4, 0.5) is 0 Å². The highest BCUT2D eigenvalue weighted by molar-refractivity contribution is 9.10. The van der Waals surface area contributed by atoms with E-state index in [4.69, 9.17) is 0 Å². The minimum atomic E-state index is 0.374. The zero-order valence-electron chi connectivity index (χ0n) is 11.8. The fraction of sp³-hybridized carbons (Fsp3) is 0.529. The first-order valence-corrected chi connectivity index (χ1v) is 8.29. The van der Waals surface area contributed by atoms with Crippen molar-refractivity contribution in [2.45, 2.75) is 51.5 Å². The van der Waals surface area contributed by atoms with E-state index in [1.807, 2.05) is 0 Å². The molecule has 0 radical (unpaired) electrons. The van der Waals surface area contributed by atoms with Gasteiger partial charge in [0.25, 0.3) is 0 Å². The molecule has 1 aromatic carbocycles. The number of allylic oxidation sites excluding steroid dienone is 1. The van der Waals surface area contributed by atoms with E-state index in [-0.39, 0.29) is 0 Å². The third-order valence-electron chi connectivity index (χ3n) is 3.82. The Hall–Kier alpha value is -0.600. The summed E-state index contributed by atoms with van der Waals surface area (Å²) in [4.78, 5) is 0. The van der Waals surface area contributed by atoms with Gasteiger partial charge in [-0.1, -0.05) is 65.5 Å². The highest BCUT2D eigenvalue weighted by Crippen LogP contribution is 2.32. The van der Waals surface area contributed by atoms with Crippen molar-refractivity contribution in [3.63, 3.8) is 0 Å². The minimum Gasteiger partial charge on any atom is -0.307 e. The predicted octanol–water partition coefficient (Wildman–Crippen LogP) is 5.38. The van der Waals surface area contributed by atoms with Crippen molar-refractivity contribution in [1.29, 1.82) is 0 Å². The van der Waals surface area contributed by atoms with E-state index in [9.17, 15) is 0 Å². The molecule has 1 aromatic rings. The Balaban J connectivity index is 2.25. The van der Waals surface area contributed by atoms with Gasteiger partial charge >= 0.3 is 0 Å². The quantitative estimate of drug-likeness (QED) is 0.734. The van der Waals surface area contributed by atoms with Gasteiger partial charge < -0.3 is 5.32 Å². The molecular weight excluding hydrogens is 298 g/mol. The van der Waals surface area contributed by atoms with Crippen LogP contribution in [0.25, 0.3) is 0 Å². The van der Waals surface area contributed by atoms with Crippen molar-refractivity contribution in [2.75, 3.05) is 6.54 Å². The van der Waals surface area contributed by atoms with Crippen LogP contribution in [0, 0.1) is 0 Å².